The van der Waals surface area contributed by atoms with Gasteiger partial charge >= 0.3 is 0 Å². The Labute approximate surface area is 148 Å². The van der Waals surface area contributed by atoms with Gasteiger partial charge in [0.15, 0.2) is 5.82 Å². The Kier molecular flexibility index (Phi) is 5.51. The van der Waals surface area contributed by atoms with E-state index >= 15 is 0 Å². The monoisotopic (exact) mass is 334 g/mol. The van der Waals surface area contributed by atoms with E-state index in [0.29, 0.717) is 11.8 Å². The normalized spacial score (nSPS) is 10.5. The molecule has 0 amide bonds. The highest BCUT2D eigenvalue weighted by Gasteiger charge is 2.08. The zero-order chi connectivity index (χ0) is 17.5. The fourth-order valence-electron chi connectivity index (χ4n) is 2.55. The van der Waals surface area contributed by atoms with E-state index in [0.717, 1.165) is 25.1 Å². The third kappa shape index (κ3) is 4.50. The Morgan fingerprint density at radius 3 is 2.68 bits per heavy atom. The first-order chi connectivity index (χ1) is 12.3. The lowest BCUT2D eigenvalue weighted by molar-refractivity contribution is 0.812. The lowest BCUT2D eigenvalue weighted by Crippen LogP contribution is -2.23. The largest absolute Gasteiger partial charge is 0.342 e. The first kappa shape index (κ1) is 16.8. The molecule has 1 aromatic carbocycles. The maximum atomic E-state index is 4.58. The fraction of sp³-hybridized carbons (Fsp3) is 0.263. The molecule has 2 aromatic heterocycles. The molecule has 6 heteroatoms. The Balaban J connectivity index is 1.68. The van der Waals surface area contributed by atoms with Crippen LogP contribution in [-0.4, -0.2) is 33.8 Å². The van der Waals surface area contributed by atoms with Gasteiger partial charge in [-0.15, -0.1) is 5.10 Å². The van der Waals surface area contributed by atoms with Gasteiger partial charge in [-0.3, -0.25) is 4.98 Å². The van der Waals surface area contributed by atoms with Gasteiger partial charge in [0, 0.05) is 31.7 Å². The van der Waals surface area contributed by atoms with E-state index < -0.39 is 0 Å². The summed E-state index contributed by atoms with van der Waals surface area (Å²) in [7, 11) is 1.97. The molecule has 25 heavy (non-hydrogen) atoms. The molecule has 0 aliphatic carbocycles. The van der Waals surface area contributed by atoms with Crippen LogP contribution in [0.4, 0.5) is 17.5 Å². The number of rotatable bonds is 7. The summed E-state index contributed by atoms with van der Waals surface area (Å²) in [5.41, 5.74) is 3.53. The quantitative estimate of drug-likeness (QED) is 0.715. The Hall–Kier alpha value is -3.02. The minimum Gasteiger partial charge on any atom is -0.342 e. The predicted molar refractivity (Wildman–Crippen MR) is 100 cm³/mol. The molecule has 0 unspecified atom stereocenters. The number of nitrogens with zero attached hydrogens (tertiary/aromatic N) is 5. The summed E-state index contributed by atoms with van der Waals surface area (Å²) in [4.78, 5) is 10.6. The maximum absolute atomic E-state index is 4.58. The molecule has 128 valence electrons. The summed E-state index contributed by atoms with van der Waals surface area (Å²) in [6, 6.07) is 12.3. The number of aryl methyl sites for hydroxylation is 1. The van der Waals surface area contributed by atoms with Gasteiger partial charge in [-0.2, -0.15) is 10.1 Å². The number of para-hydroxylation sites is 1. The molecule has 3 rings (SSSR count). The molecule has 0 aliphatic rings. The Morgan fingerprint density at radius 1 is 1.08 bits per heavy atom. The summed E-state index contributed by atoms with van der Waals surface area (Å²) in [6.07, 6.45) is 7.12. The van der Waals surface area contributed by atoms with E-state index in [-0.39, 0.29) is 0 Å². The lowest BCUT2D eigenvalue weighted by atomic mass is 10.1. The standard InChI is InChI=1S/C19H22N6/c1-3-16-6-4-5-7-17(16)22-18-14-21-24-19(23-18)25(2)13-10-15-8-11-20-12-9-15/h4-9,11-12,14H,3,10,13H2,1-2H3,(H,22,23,24). The van der Waals surface area contributed by atoms with Crippen molar-refractivity contribution in [3.8, 4) is 0 Å². The van der Waals surface area contributed by atoms with Gasteiger partial charge in [0.1, 0.15) is 0 Å². The van der Waals surface area contributed by atoms with Gasteiger partial charge in [0.05, 0.1) is 6.20 Å². The van der Waals surface area contributed by atoms with Crippen molar-refractivity contribution >= 4 is 17.5 Å². The van der Waals surface area contributed by atoms with Crippen molar-refractivity contribution in [3.05, 3.63) is 66.1 Å². The second-order valence-electron chi connectivity index (χ2n) is 5.80. The second kappa shape index (κ2) is 8.19. The summed E-state index contributed by atoms with van der Waals surface area (Å²) in [5, 5.41) is 11.6. The molecule has 0 fully saturated rings. The van der Waals surface area contributed by atoms with Crippen LogP contribution in [0.3, 0.4) is 0 Å². The van der Waals surface area contributed by atoms with Gasteiger partial charge in [-0.1, -0.05) is 25.1 Å². The minimum atomic E-state index is 0.605. The highest BCUT2D eigenvalue weighted by atomic mass is 15.3. The number of aromatic nitrogens is 4. The van der Waals surface area contributed by atoms with Crippen LogP contribution in [0.25, 0.3) is 0 Å². The van der Waals surface area contributed by atoms with Crippen LogP contribution < -0.4 is 10.2 Å². The van der Waals surface area contributed by atoms with E-state index in [1.54, 1.807) is 6.20 Å². The number of hydrogen-bond acceptors (Lipinski definition) is 6. The molecular formula is C19H22N6. The van der Waals surface area contributed by atoms with E-state index in [1.807, 2.05) is 54.7 Å². The van der Waals surface area contributed by atoms with Gasteiger partial charge in [-0.05, 0) is 42.2 Å². The molecule has 0 atom stereocenters. The van der Waals surface area contributed by atoms with Crippen LogP contribution in [0.2, 0.25) is 0 Å². The number of hydrogen-bond donors (Lipinski definition) is 1. The first-order valence-electron chi connectivity index (χ1n) is 8.41. The fourth-order valence-corrected chi connectivity index (χ4v) is 2.55. The second-order valence-corrected chi connectivity index (χ2v) is 5.80. The van der Waals surface area contributed by atoms with Crippen molar-refractivity contribution in [3.63, 3.8) is 0 Å². The highest BCUT2D eigenvalue weighted by Crippen LogP contribution is 2.20. The smallest absolute Gasteiger partial charge is 0.247 e. The van der Waals surface area contributed by atoms with Gasteiger partial charge in [0.2, 0.25) is 5.95 Å². The van der Waals surface area contributed by atoms with Crippen molar-refractivity contribution in [2.45, 2.75) is 19.8 Å². The molecule has 1 N–H and O–H groups in total. The van der Waals surface area contributed by atoms with Gasteiger partial charge in [0.25, 0.3) is 0 Å². The third-order valence-corrected chi connectivity index (χ3v) is 4.04. The molecule has 3 aromatic rings. The molecule has 6 nitrogen and oxygen atoms in total. The Bertz CT molecular complexity index is 806. The SMILES string of the molecule is CCc1ccccc1Nc1cnnc(N(C)CCc2ccncc2)n1. The number of likely N-dealkylation sites (N-methyl/N-ethyl adjacent to an activating group) is 1. The van der Waals surface area contributed by atoms with E-state index in [2.05, 4.69) is 38.5 Å². The van der Waals surface area contributed by atoms with Crippen LogP contribution in [0, 0.1) is 0 Å². The highest BCUT2D eigenvalue weighted by molar-refractivity contribution is 5.60. The van der Waals surface area contributed by atoms with Crippen LogP contribution in [0.5, 0.6) is 0 Å². The zero-order valence-electron chi connectivity index (χ0n) is 14.6. The van der Waals surface area contributed by atoms with Crippen LogP contribution in [-0.2, 0) is 12.8 Å². The van der Waals surface area contributed by atoms with Crippen molar-refractivity contribution in [2.24, 2.45) is 0 Å². The third-order valence-electron chi connectivity index (χ3n) is 4.04. The molecule has 0 saturated carbocycles. The topological polar surface area (TPSA) is 66.8 Å². The summed E-state index contributed by atoms with van der Waals surface area (Å²) in [5.74, 6) is 1.30. The average molecular weight is 334 g/mol. The van der Waals surface area contributed by atoms with Crippen molar-refractivity contribution in [1.29, 1.82) is 0 Å². The van der Waals surface area contributed by atoms with E-state index in [1.165, 1.54) is 11.1 Å². The number of nitrogens with one attached hydrogen (secondary N) is 1. The zero-order valence-corrected chi connectivity index (χ0v) is 14.6. The van der Waals surface area contributed by atoms with Crippen LogP contribution in [0.1, 0.15) is 18.1 Å². The van der Waals surface area contributed by atoms with Crippen LogP contribution >= 0.6 is 0 Å². The van der Waals surface area contributed by atoms with E-state index in [4.69, 9.17) is 0 Å². The Morgan fingerprint density at radius 2 is 1.88 bits per heavy atom. The van der Waals surface area contributed by atoms with Crippen molar-refractivity contribution < 1.29 is 0 Å². The van der Waals surface area contributed by atoms with E-state index in [9.17, 15) is 0 Å². The molecule has 0 aliphatic heterocycles. The first-order valence-corrected chi connectivity index (χ1v) is 8.41. The average Bonchev–Trinajstić information content (AvgIpc) is 2.67. The molecule has 0 bridgehead atoms. The number of pyridine rings is 1. The van der Waals surface area contributed by atoms with Gasteiger partial charge in [-0.25, -0.2) is 0 Å². The van der Waals surface area contributed by atoms with Crippen molar-refractivity contribution in [1.82, 2.24) is 20.2 Å². The van der Waals surface area contributed by atoms with Crippen molar-refractivity contribution in [2.75, 3.05) is 23.8 Å². The number of benzene rings is 1. The predicted octanol–water partition coefficient (Wildman–Crippen LogP) is 3.25. The van der Waals surface area contributed by atoms with Crippen LogP contribution in [0.15, 0.2) is 55.0 Å². The molecule has 0 saturated heterocycles. The summed E-state index contributed by atoms with van der Waals surface area (Å²) in [6.45, 7) is 2.94. The summed E-state index contributed by atoms with van der Waals surface area (Å²) < 4.78 is 0. The lowest BCUT2D eigenvalue weighted by Gasteiger charge is -2.17. The summed E-state index contributed by atoms with van der Waals surface area (Å²) >= 11 is 0. The number of anilines is 3. The minimum absolute atomic E-state index is 0.605. The molecular weight excluding hydrogens is 312 g/mol. The molecule has 2 heterocycles. The molecule has 0 spiro atoms. The maximum Gasteiger partial charge on any atom is 0.247 e. The van der Waals surface area contributed by atoms with Gasteiger partial charge < -0.3 is 10.2 Å². The molecule has 0 radical (unpaired) electrons.